The van der Waals surface area contributed by atoms with Crippen LogP contribution in [0.15, 0.2) is 28.8 Å². The van der Waals surface area contributed by atoms with Crippen LogP contribution < -0.4 is 0 Å². The van der Waals surface area contributed by atoms with E-state index < -0.39 is 11.2 Å². The molecule has 122 valence electrons. The van der Waals surface area contributed by atoms with E-state index in [9.17, 15) is 9.18 Å². The van der Waals surface area contributed by atoms with Crippen molar-refractivity contribution in [1.29, 1.82) is 0 Å². The van der Waals surface area contributed by atoms with Gasteiger partial charge < -0.3 is 9.42 Å². The van der Waals surface area contributed by atoms with Gasteiger partial charge in [0.05, 0.1) is 5.56 Å². The van der Waals surface area contributed by atoms with Crippen LogP contribution in [-0.4, -0.2) is 27.5 Å². The number of amides is 1. The Kier molecular flexibility index (Phi) is 3.92. The number of carbonyl (C=O) groups excluding carboxylic acids is 1. The molecule has 0 spiro atoms. The Labute approximate surface area is 134 Å². The third-order valence-electron chi connectivity index (χ3n) is 4.00. The Bertz CT molecular complexity index is 721. The first-order valence-corrected chi connectivity index (χ1v) is 7.77. The number of aromatic nitrogens is 2. The number of likely N-dealkylation sites (tertiary alicyclic amines) is 1. The summed E-state index contributed by atoms with van der Waals surface area (Å²) in [6.07, 6.45) is 1.67. The first-order chi connectivity index (χ1) is 10.9. The molecule has 1 aliphatic heterocycles. The summed E-state index contributed by atoms with van der Waals surface area (Å²) in [4.78, 5) is 18.7. The van der Waals surface area contributed by atoms with E-state index in [-0.39, 0.29) is 17.8 Å². The van der Waals surface area contributed by atoms with Crippen molar-refractivity contribution in [3.63, 3.8) is 0 Å². The minimum atomic E-state index is -0.461. The Balaban J connectivity index is 1.88. The molecule has 0 N–H and O–H groups in total. The second kappa shape index (κ2) is 5.76. The van der Waals surface area contributed by atoms with Crippen LogP contribution in [0.5, 0.6) is 0 Å². The average Bonchev–Trinajstić information content (AvgIpc) is 3.14. The van der Waals surface area contributed by atoms with Crippen LogP contribution in [0.2, 0.25) is 0 Å². The first-order valence-electron chi connectivity index (χ1n) is 7.77. The van der Waals surface area contributed by atoms with Crippen molar-refractivity contribution in [3.05, 3.63) is 36.0 Å². The summed E-state index contributed by atoms with van der Waals surface area (Å²) >= 11 is 0. The molecule has 3 rings (SSSR count). The van der Waals surface area contributed by atoms with Crippen LogP contribution in [0.1, 0.15) is 45.5 Å². The van der Waals surface area contributed by atoms with E-state index in [0.717, 1.165) is 12.8 Å². The quantitative estimate of drug-likeness (QED) is 0.849. The first kappa shape index (κ1) is 15.6. The third kappa shape index (κ3) is 2.98. The van der Waals surface area contributed by atoms with Gasteiger partial charge in [-0.25, -0.2) is 4.39 Å². The molecule has 1 fully saturated rings. The molecule has 23 heavy (non-hydrogen) atoms. The highest BCUT2D eigenvalue weighted by Crippen LogP contribution is 2.35. The van der Waals surface area contributed by atoms with Crippen molar-refractivity contribution in [1.82, 2.24) is 15.0 Å². The fourth-order valence-corrected chi connectivity index (χ4v) is 2.82. The average molecular weight is 317 g/mol. The van der Waals surface area contributed by atoms with Crippen LogP contribution in [0.25, 0.3) is 11.4 Å². The lowest BCUT2D eigenvalue weighted by Gasteiger charge is -2.29. The highest BCUT2D eigenvalue weighted by Gasteiger charge is 2.38. The van der Waals surface area contributed by atoms with E-state index in [4.69, 9.17) is 4.52 Å². The van der Waals surface area contributed by atoms with Crippen molar-refractivity contribution in [2.45, 2.75) is 39.7 Å². The molecule has 5 nitrogen and oxygen atoms in total. The van der Waals surface area contributed by atoms with Gasteiger partial charge in [-0.1, -0.05) is 38.1 Å². The van der Waals surface area contributed by atoms with E-state index >= 15 is 0 Å². The third-order valence-corrected chi connectivity index (χ3v) is 4.00. The van der Waals surface area contributed by atoms with Crippen LogP contribution in [0.4, 0.5) is 4.39 Å². The minimum Gasteiger partial charge on any atom is -0.337 e. The smallest absolute Gasteiger partial charge is 0.249 e. The van der Waals surface area contributed by atoms with Gasteiger partial charge in [0.1, 0.15) is 11.9 Å². The van der Waals surface area contributed by atoms with Crippen LogP contribution in [0.3, 0.4) is 0 Å². The Hall–Kier alpha value is -2.24. The predicted octanol–water partition coefficient (Wildman–Crippen LogP) is 3.59. The summed E-state index contributed by atoms with van der Waals surface area (Å²) in [5.74, 6) is 0.256. The van der Waals surface area contributed by atoms with Gasteiger partial charge >= 0.3 is 0 Å². The molecule has 2 heterocycles. The number of halogens is 1. The van der Waals surface area contributed by atoms with Crippen molar-refractivity contribution >= 4 is 5.91 Å². The Morgan fingerprint density at radius 3 is 2.78 bits per heavy atom. The molecule has 1 atom stereocenters. The van der Waals surface area contributed by atoms with Gasteiger partial charge in [0.25, 0.3) is 0 Å². The fraction of sp³-hybridized carbons (Fsp3) is 0.471. The van der Waals surface area contributed by atoms with E-state index in [1.165, 1.54) is 6.07 Å². The lowest BCUT2D eigenvalue weighted by molar-refractivity contribution is -0.140. The molecule has 1 aliphatic rings. The normalized spacial score (nSPS) is 18.4. The second-order valence-corrected chi connectivity index (χ2v) is 6.84. The van der Waals surface area contributed by atoms with Crippen molar-refractivity contribution in [3.8, 4) is 11.4 Å². The number of benzene rings is 1. The van der Waals surface area contributed by atoms with E-state index in [1.807, 2.05) is 20.8 Å². The summed E-state index contributed by atoms with van der Waals surface area (Å²) in [6.45, 7) is 6.36. The second-order valence-electron chi connectivity index (χ2n) is 6.84. The molecule has 0 bridgehead atoms. The minimum absolute atomic E-state index is 0.0608. The van der Waals surface area contributed by atoms with Gasteiger partial charge in [-0.15, -0.1) is 0 Å². The number of rotatable bonds is 2. The van der Waals surface area contributed by atoms with Gasteiger partial charge in [0, 0.05) is 12.0 Å². The van der Waals surface area contributed by atoms with E-state index in [0.29, 0.717) is 18.0 Å². The largest absolute Gasteiger partial charge is 0.337 e. The summed E-state index contributed by atoms with van der Waals surface area (Å²) in [5.41, 5.74) is -0.161. The molecule has 6 heteroatoms. The monoisotopic (exact) mass is 317 g/mol. The lowest BCUT2D eigenvalue weighted by Crippen LogP contribution is -2.39. The molecule has 1 aromatic carbocycles. The number of nitrogens with zero attached hydrogens (tertiary/aromatic N) is 3. The maximum absolute atomic E-state index is 13.8. The van der Waals surface area contributed by atoms with Crippen LogP contribution in [-0.2, 0) is 4.79 Å². The number of hydrogen-bond acceptors (Lipinski definition) is 4. The summed E-state index contributed by atoms with van der Waals surface area (Å²) in [6, 6.07) is 6.07. The topological polar surface area (TPSA) is 59.2 Å². The highest BCUT2D eigenvalue weighted by molar-refractivity contribution is 5.82. The zero-order valence-corrected chi connectivity index (χ0v) is 13.5. The molecule has 1 aromatic heterocycles. The van der Waals surface area contributed by atoms with Gasteiger partial charge in [0.2, 0.25) is 17.6 Å². The molecular formula is C17H20FN3O2. The molecule has 1 unspecified atom stereocenters. The molecule has 1 amide bonds. The van der Waals surface area contributed by atoms with Crippen LogP contribution in [0, 0.1) is 11.2 Å². The summed E-state index contributed by atoms with van der Waals surface area (Å²) in [5, 5.41) is 3.88. The van der Waals surface area contributed by atoms with E-state index in [1.54, 1.807) is 23.1 Å². The Morgan fingerprint density at radius 1 is 1.35 bits per heavy atom. The maximum atomic E-state index is 13.8. The maximum Gasteiger partial charge on any atom is 0.249 e. The van der Waals surface area contributed by atoms with Crippen molar-refractivity contribution in [2.24, 2.45) is 5.41 Å². The molecule has 2 aromatic rings. The van der Waals surface area contributed by atoms with E-state index in [2.05, 4.69) is 10.1 Å². The van der Waals surface area contributed by atoms with Gasteiger partial charge in [-0.2, -0.15) is 4.98 Å². The molecule has 1 saturated heterocycles. The van der Waals surface area contributed by atoms with Crippen LogP contribution >= 0.6 is 0 Å². The summed E-state index contributed by atoms with van der Waals surface area (Å²) in [7, 11) is 0. The molecular weight excluding hydrogens is 297 g/mol. The molecule has 0 radical (unpaired) electrons. The zero-order chi connectivity index (χ0) is 16.6. The number of hydrogen-bond donors (Lipinski definition) is 0. The lowest BCUT2D eigenvalue weighted by atomic mass is 9.94. The highest BCUT2D eigenvalue weighted by atomic mass is 19.1. The summed E-state index contributed by atoms with van der Waals surface area (Å²) < 4.78 is 19.2. The van der Waals surface area contributed by atoms with Crippen molar-refractivity contribution < 1.29 is 13.7 Å². The Morgan fingerprint density at radius 2 is 2.09 bits per heavy atom. The number of carbonyl (C=O) groups is 1. The standard InChI is InChI=1S/C17H20FN3O2/c1-17(2,3)16(22)21-10-6-9-13(21)15-19-14(20-23-15)11-7-4-5-8-12(11)18/h4-5,7-8,13H,6,9-10H2,1-3H3. The fourth-order valence-electron chi connectivity index (χ4n) is 2.82. The molecule has 0 saturated carbocycles. The SMILES string of the molecule is CC(C)(C)C(=O)N1CCCC1c1nc(-c2ccccc2F)no1. The van der Waals surface area contributed by atoms with Gasteiger partial charge in [-0.3, -0.25) is 4.79 Å². The molecule has 0 aliphatic carbocycles. The van der Waals surface area contributed by atoms with Gasteiger partial charge in [0.15, 0.2) is 0 Å². The van der Waals surface area contributed by atoms with Gasteiger partial charge in [-0.05, 0) is 25.0 Å². The van der Waals surface area contributed by atoms with Crippen molar-refractivity contribution in [2.75, 3.05) is 6.54 Å². The predicted molar refractivity (Wildman–Crippen MR) is 82.8 cm³/mol. The zero-order valence-electron chi connectivity index (χ0n) is 13.5.